The van der Waals surface area contributed by atoms with E-state index in [4.69, 9.17) is 11.6 Å². The van der Waals surface area contributed by atoms with Gasteiger partial charge in [0, 0.05) is 11.4 Å². The molecule has 1 aliphatic rings. The molecule has 5 N–H and O–H groups in total. The number of rotatable bonds is 1. The van der Waals surface area contributed by atoms with Crippen LogP contribution in [0.3, 0.4) is 0 Å². The summed E-state index contributed by atoms with van der Waals surface area (Å²) in [6, 6.07) is 0. The van der Waals surface area contributed by atoms with Crippen molar-refractivity contribution in [3.63, 3.8) is 0 Å². The van der Waals surface area contributed by atoms with Gasteiger partial charge in [-0.2, -0.15) is 0 Å². The first-order chi connectivity index (χ1) is 5.65. The zero-order valence-corrected chi connectivity index (χ0v) is 7.52. The molecule has 0 spiro atoms. The lowest BCUT2D eigenvalue weighted by Crippen LogP contribution is -2.22. The number of hydrazine groups is 1. The maximum Gasteiger partial charge on any atom is 0.0370 e. The van der Waals surface area contributed by atoms with E-state index in [1.807, 2.05) is 19.9 Å². The van der Waals surface area contributed by atoms with Gasteiger partial charge in [0.2, 0.25) is 0 Å². The molecule has 0 saturated heterocycles. The van der Waals surface area contributed by atoms with Gasteiger partial charge in [-0.3, -0.25) is 5.84 Å². The molecule has 0 radical (unpaired) electrons. The Morgan fingerprint density at radius 1 is 1.58 bits per heavy atom. The molecular formula is C9H15N3. The summed E-state index contributed by atoms with van der Waals surface area (Å²) in [5, 5.41) is 0. The maximum atomic E-state index is 5.81. The molecular weight excluding hydrogens is 150 g/mol. The van der Waals surface area contributed by atoms with Crippen LogP contribution in [0.5, 0.6) is 0 Å². The van der Waals surface area contributed by atoms with Crippen LogP contribution in [0.15, 0.2) is 34.7 Å². The van der Waals surface area contributed by atoms with Gasteiger partial charge in [0.1, 0.15) is 0 Å². The second-order valence-electron chi connectivity index (χ2n) is 3.00. The molecule has 0 unspecified atom stereocenters. The second kappa shape index (κ2) is 3.45. The summed E-state index contributed by atoms with van der Waals surface area (Å²) in [4.78, 5) is 0. The van der Waals surface area contributed by atoms with Gasteiger partial charge in [-0.15, -0.1) is 0 Å². The molecule has 1 aliphatic carbocycles. The van der Waals surface area contributed by atoms with E-state index >= 15 is 0 Å². The van der Waals surface area contributed by atoms with Crippen LogP contribution in [0.1, 0.15) is 20.3 Å². The van der Waals surface area contributed by atoms with E-state index in [0.29, 0.717) is 0 Å². The first-order valence-electron chi connectivity index (χ1n) is 3.96. The third-order valence-corrected chi connectivity index (χ3v) is 2.03. The van der Waals surface area contributed by atoms with Crippen LogP contribution in [0.2, 0.25) is 0 Å². The van der Waals surface area contributed by atoms with Gasteiger partial charge in [-0.05, 0) is 31.9 Å². The maximum absolute atomic E-state index is 5.81. The van der Waals surface area contributed by atoms with Crippen molar-refractivity contribution in [2.45, 2.75) is 20.3 Å². The van der Waals surface area contributed by atoms with Crippen molar-refractivity contribution in [1.82, 2.24) is 5.43 Å². The quantitative estimate of drug-likeness (QED) is 0.400. The molecule has 0 saturated carbocycles. The van der Waals surface area contributed by atoms with Crippen LogP contribution in [0.4, 0.5) is 0 Å². The summed E-state index contributed by atoms with van der Waals surface area (Å²) in [5.41, 5.74) is 12.5. The molecule has 0 bridgehead atoms. The highest BCUT2D eigenvalue weighted by atomic mass is 15.2. The number of hydrogen-bond acceptors (Lipinski definition) is 3. The van der Waals surface area contributed by atoms with Gasteiger partial charge in [-0.25, -0.2) is 0 Å². The first kappa shape index (κ1) is 8.87. The van der Waals surface area contributed by atoms with Crippen molar-refractivity contribution in [1.29, 1.82) is 0 Å². The van der Waals surface area contributed by atoms with Gasteiger partial charge in [0.25, 0.3) is 0 Å². The van der Waals surface area contributed by atoms with E-state index in [-0.39, 0.29) is 0 Å². The minimum atomic E-state index is 0.811. The molecule has 0 aromatic carbocycles. The van der Waals surface area contributed by atoms with Crippen molar-refractivity contribution >= 4 is 0 Å². The Balaban J connectivity index is 2.95. The van der Waals surface area contributed by atoms with Crippen LogP contribution >= 0.6 is 0 Å². The monoisotopic (exact) mass is 165 g/mol. The smallest absolute Gasteiger partial charge is 0.0370 e. The van der Waals surface area contributed by atoms with Gasteiger partial charge < -0.3 is 11.2 Å². The van der Waals surface area contributed by atoms with E-state index in [0.717, 1.165) is 23.4 Å². The number of nitrogens with one attached hydrogen (secondary N) is 1. The van der Waals surface area contributed by atoms with Crippen LogP contribution in [-0.4, -0.2) is 0 Å². The standard InChI is InChI=1S/C9H15N3/c1-6-3-4-8(7(2)12-11)9(10)5-6/h3,5,12H,4,10-11H2,1-2H3/b8-7-. The molecule has 66 valence electrons. The Kier molecular flexibility index (Phi) is 2.55. The fourth-order valence-corrected chi connectivity index (χ4v) is 1.23. The van der Waals surface area contributed by atoms with Crippen LogP contribution in [0, 0.1) is 0 Å². The van der Waals surface area contributed by atoms with Crippen molar-refractivity contribution in [3.8, 4) is 0 Å². The van der Waals surface area contributed by atoms with Gasteiger partial charge in [-0.1, -0.05) is 11.6 Å². The molecule has 0 fully saturated rings. The summed E-state index contributed by atoms with van der Waals surface area (Å²) in [6.07, 6.45) is 4.95. The Morgan fingerprint density at radius 2 is 2.25 bits per heavy atom. The van der Waals surface area contributed by atoms with Crippen molar-refractivity contribution < 1.29 is 0 Å². The second-order valence-corrected chi connectivity index (χ2v) is 3.00. The summed E-state index contributed by atoms with van der Waals surface area (Å²) in [6.45, 7) is 3.96. The van der Waals surface area contributed by atoms with E-state index < -0.39 is 0 Å². The van der Waals surface area contributed by atoms with Crippen molar-refractivity contribution in [2.75, 3.05) is 0 Å². The highest BCUT2D eigenvalue weighted by Gasteiger charge is 2.08. The molecule has 0 amide bonds. The normalized spacial score (nSPS) is 21.2. The largest absolute Gasteiger partial charge is 0.398 e. The van der Waals surface area contributed by atoms with E-state index in [1.54, 1.807) is 0 Å². The number of nitrogens with two attached hydrogens (primary N) is 2. The number of hydrogen-bond donors (Lipinski definition) is 3. The van der Waals surface area contributed by atoms with Crippen LogP contribution < -0.4 is 17.0 Å². The Hall–Kier alpha value is -1.22. The predicted octanol–water partition coefficient (Wildman–Crippen LogP) is 0.916. The number of allylic oxidation sites excluding steroid dienone is 5. The highest BCUT2D eigenvalue weighted by molar-refractivity contribution is 5.42. The van der Waals surface area contributed by atoms with Gasteiger partial charge in [0.15, 0.2) is 0 Å². The molecule has 0 aromatic heterocycles. The van der Waals surface area contributed by atoms with E-state index in [9.17, 15) is 0 Å². The van der Waals surface area contributed by atoms with E-state index in [1.165, 1.54) is 5.57 Å². The summed E-state index contributed by atoms with van der Waals surface area (Å²) < 4.78 is 0. The van der Waals surface area contributed by atoms with Gasteiger partial charge >= 0.3 is 0 Å². The molecule has 1 rings (SSSR count). The lowest BCUT2D eigenvalue weighted by Gasteiger charge is -2.14. The summed E-state index contributed by atoms with van der Waals surface area (Å²) >= 11 is 0. The van der Waals surface area contributed by atoms with Crippen molar-refractivity contribution in [3.05, 3.63) is 34.7 Å². The Labute approximate surface area is 72.8 Å². The first-order valence-corrected chi connectivity index (χ1v) is 3.96. The highest BCUT2D eigenvalue weighted by Crippen LogP contribution is 2.21. The molecule has 3 nitrogen and oxygen atoms in total. The average molecular weight is 165 g/mol. The van der Waals surface area contributed by atoms with E-state index in [2.05, 4.69) is 11.5 Å². The zero-order chi connectivity index (χ0) is 9.14. The minimum Gasteiger partial charge on any atom is -0.398 e. The fourth-order valence-electron chi connectivity index (χ4n) is 1.23. The molecule has 12 heavy (non-hydrogen) atoms. The van der Waals surface area contributed by atoms with Crippen LogP contribution in [0.25, 0.3) is 0 Å². The Morgan fingerprint density at radius 3 is 2.75 bits per heavy atom. The third kappa shape index (κ3) is 1.68. The zero-order valence-electron chi connectivity index (χ0n) is 7.52. The molecule has 0 atom stereocenters. The average Bonchev–Trinajstić information content (AvgIpc) is 2.03. The summed E-state index contributed by atoms with van der Waals surface area (Å²) in [7, 11) is 0. The SMILES string of the molecule is CC1=CC/C(=C(\C)NN)C(N)=C1. The molecule has 0 aromatic rings. The lowest BCUT2D eigenvalue weighted by molar-refractivity contribution is 0.854. The Bertz CT molecular complexity index is 271. The molecule has 0 aliphatic heterocycles. The third-order valence-electron chi connectivity index (χ3n) is 2.03. The minimum absolute atomic E-state index is 0.811. The summed E-state index contributed by atoms with van der Waals surface area (Å²) in [5.74, 6) is 5.29. The molecule has 3 heteroatoms. The van der Waals surface area contributed by atoms with Gasteiger partial charge in [0.05, 0.1) is 0 Å². The van der Waals surface area contributed by atoms with Crippen molar-refractivity contribution in [2.24, 2.45) is 11.6 Å². The van der Waals surface area contributed by atoms with Crippen LogP contribution in [-0.2, 0) is 0 Å². The topological polar surface area (TPSA) is 64.1 Å². The lowest BCUT2D eigenvalue weighted by atomic mass is 9.99. The molecule has 0 heterocycles. The predicted molar refractivity (Wildman–Crippen MR) is 50.7 cm³/mol. The fraction of sp³-hybridized carbons (Fsp3) is 0.333.